The molecule has 0 aliphatic rings. The van der Waals surface area contributed by atoms with E-state index in [1.807, 2.05) is 0 Å². The number of aliphatic hydroxyl groups excluding tert-OH is 2. The van der Waals surface area contributed by atoms with Gasteiger partial charge in [0.05, 0.1) is 52.9 Å². The Labute approximate surface area is 153 Å². The van der Waals surface area contributed by atoms with Gasteiger partial charge in [0.25, 0.3) is 0 Å². The molecule has 0 fully saturated rings. The van der Waals surface area contributed by atoms with Gasteiger partial charge in [0, 0.05) is 11.3 Å². The maximum absolute atomic E-state index is 12.0. The van der Waals surface area contributed by atoms with E-state index in [-0.39, 0.29) is 39.6 Å². The van der Waals surface area contributed by atoms with Gasteiger partial charge in [0.1, 0.15) is 13.2 Å². The van der Waals surface area contributed by atoms with Gasteiger partial charge in [-0.1, -0.05) is 6.92 Å². The Morgan fingerprint density at radius 2 is 1.19 bits per heavy atom. The predicted molar refractivity (Wildman–Crippen MR) is 81.2 cm³/mol. The van der Waals surface area contributed by atoms with E-state index in [0.717, 1.165) is 0 Å². The standard InChI is InChI=1S/C15H26F6O6/c1-13(7-23,9-27-11-15(19,20)21)8-25-3-2-24-5-12(4-22)6-26-10-14(16,17)18/h12,22-23H,2-11H2,1H3. The third-order valence-corrected chi connectivity index (χ3v) is 3.15. The van der Waals surface area contributed by atoms with Crippen molar-refractivity contribution in [2.24, 2.45) is 11.3 Å². The molecule has 0 spiro atoms. The smallest absolute Gasteiger partial charge is 0.396 e. The number of hydrogen-bond donors (Lipinski definition) is 2. The highest BCUT2D eigenvalue weighted by Crippen LogP contribution is 2.20. The molecule has 0 heterocycles. The van der Waals surface area contributed by atoms with Crippen molar-refractivity contribution in [1.29, 1.82) is 0 Å². The van der Waals surface area contributed by atoms with E-state index in [0.29, 0.717) is 0 Å². The normalized spacial score (nSPS) is 16.3. The van der Waals surface area contributed by atoms with Crippen LogP contribution in [0, 0.1) is 11.3 Å². The monoisotopic (exact) mass is 416 g/mol. The lowest BCUT2D eigenvalue weighted by Crippen LogP contribution is -2.35. The predicted octanol–water partition coefficient (Wildman–Crippen LogP) is 1.78. The van der Waals surface area contributed by atoms with Crippen molar-refractivity contribution in [1.82, 2.24) is 0 Å². The molecule has 12 heteroatoms. The molecular weight excluding hydrogens is 390 g/mol. The zero-order valence-electron chi connectivity index (χ0n) is 14.9. The summed E-state index contributed by atoms with van der Waals surface area (Å²) in [5, 5.41) is 18.3. The fraction of sp³-hybridized carbons (Fsp3) is 1.00. The molecule has 0 aliphatic carbocycles. The Morgan fingerprint density at radius 1 is 0.704 bits per heavy atom. The molecule has 0 aromatic heterocycles. The molecule has 0 aromatic carbocycles. The Balaban J connectivity index is 3.88. The molecule has 164 valence electrons. The van der Waals surface area contributed by atoms with Crippen LogP contribution in [0.4, 0.5) is 26.3 Å². The van der Waals surface area contributed by atoms with Crippen molar-refractivity contribution in [3.05, 3.63) is 0 Å². The summed E-state index contributed by atoms with van der Waals surface area (Å²) in [5.41, 5.74) is -1.02. The summed E-state index contributed by atoms with van der Waals surface area (Å²) in [6, 6.07) is 0. The van der Waals surface area contributed by atoms with Crippen molar-refractivity contribution < 1.29 is 55.5 Å². The summed E-state index contributed by atoms with van der Waals surface area (Å²) in [4.78, 5) is 0. The first-order chi connectivity index (χ1) is 12.4. The van der Waals surface area contributed by atoms with Crippen LogP contribution in [0.25, 0.3) is 0 Å². The van der Waals surface area contributed by atoms with Gasteiger partial charge < -0.3 is 29.2 Å². The quantitative estimate of drug-likeness (QED) is 0.313. The molecular formula is C15H26F6O6. The van der Waals surface area contributed by atoms with Crippen molar-refractivity contribution in [2.75, 3.05) is 66.1 Å². The van der Waals surface area contributed by atoms with Crippen LogP contribution < -0.4 is 0 Å². The van der Waals surface area contributed by atoms with Crippen LogP contribution in [0.2, 0.25) is 0 Å². The highest BCUT2D eigenvalue weighted by molar-refractivity contribution is 4.72. The van der Waals surface area contributed by atoms with Crippen molar-refractivity contribution in [3.8, 4) is 0 Å². The summed E-state index contributed by atoms with van der Waals surface area (Å²) < 4.78 is 91.3. The average Bonchev–Trinajstić information content (AvgIpc) is 2.54. The maximum atomic E-state index is 12.0. The van der Waals surface area contributed by atoms with Crippen LogP contribution in [-0.2, 0) is 18.9 Å². The first-order valence-corrected chi connectivity index (χ1v) is 8.07. The second-order valence-corrected chi connectivity index (χ2v) is 6.38. The van der Waals surface area contributed by atoms with Crippen molar-refractivity contribution in [2.45, 2.75) is 19.3 Å². The Bertz CT molecular complexity index is 379. The molecule has 0 bridgehead atoms. The molecule has 0 amide bonds. The van der Waals surface area contributed by atoms with E-state index < -0.39 is 50.1 Å². The van der Waals surface area contributed by atoms with Crippen LogP contribution in [0.15, 0.2) is 0 Å². The molecule has 0 aliphatic heterocycles. The molecule has 0 rings (SSSR count). The minimum Gasteiger partial charge on any atom is -0.396 e. The zero-order valence-corrected chi connectivity index (χ0v) is 14.9. The van der Waals surface area contributed by atoms with E-state index in [4.69, 9.17) is 14.6 Å². The first-order valence-electron chi connectivity index (χ1n) is 8.07. The summed E-state index contributed by atoms with van der Waals surface area (Å²) in [7, 11) is 0. The second kappa shape index (κ2) is 12.7. The van der Waals surface area contributed by atoms with Gasteiger partial charge in [0.2, 0.25) is 0 Å². The topological polar surface area (TPSA) is 77.4 Å². The highest BCUT2D eigenvalue weighted by Gasteiger charge is 2.31. The van der Waals surface area contributed by atoms with E-state index in [9.17, 15) is 31.4 Å². The SMILES string of the molecule is CC(CO)(COCCOCC(CO)COCC(F)(F)F)COCC(F)(F)F. The minimum atomic E-state index is -4.46. The Morgan fingerprint density at radius 3 is 1.70 bits per heavy atom. The lowest BCUT2D eigenvalue weighted by Gasteiger charge is -2.27. The summed E-state index contributed by atoms with van der Waals surface area (Å²) in [6.45, 7) is -2.95. The maximum Gasteiger partial charge on any atom is 0.411 e. The van der Waals surface area contributed by atoms with Gasteiger partial charge in [-0.15, -0.1) is 0 Å². The number of halogens is 6. The van der Waals surface area contributed by atoms with Crippen LogP contribution in [0.5, 0.6) is 0 Å². The van der Waals surface area contributed by atoms with Crippen LogP contribution in [0.3, 0.4) is 0 Å². The number of hydrogen-bond acceptors (Lipinski definition) is 6. The first kappa shape index (κ1) is 26.3. The molecule has 27 heavy (non-hydrogen) atoms. The van der Waals surface area contributed by atoms with Gasteiger partial charge in [-0.05, 0) is 0 Å². The van der Waals surface area contributed by atoms with E-state index >= 15 is 0 Å². The molecule has 2 N–H and O–H groups in total. The number of aliphatic hydroxyl groups is 2. The van der Waals surface area contributed by atoms with Gasteiger partial charge >= 0.3 is 12.4 Å². The fourth-order valence-electron chi connectivity index (χ4n) is 1.73. The molecule has 6 nitrogen and oxygen atoms in total. The fourth-order valence-corrected chi connectivity index (χ4v) is 1.73. The number of alkyl halides is 6. The van der Waals surface area contributed by atoms with Crippen LogP contribution in [0.1, 0.15) is 6.92 Å². The number of ether oxygens (including phenoxy) is 4. The highest BCUT2D eigenvalue weighted by atomic mass is 19.4. The largest absolute Gasteiger partial charge is 0.411 e. The molecule has 2 atom stereocenters. The number of rotatable bonds is 15. The van der Waals surface area contributed by atoms with Crippen LogP contribution >= 0.6 is 0 Å². The lowest BCUT2D eigenvalue weighted by molar-refractivity contribution is -0.185. The van der Waals surface area contributed by atoms with Gasteiger partial charge in [-0.25, -0.2) is 0 Å². The lowest BCUT2D eigenvalue weighted by atomic mass is 9.94. The zero-order chi connectivity index (χ0) is 21.0. The van der Waals surface area contributed by atoms with E-state index in [2.05, 4.69) is 9.47 Å². The van der Waals surface area contributed by atoms with Gasteiger partial charge in [0.15, 0.2) is 0 Å². The summed E-state index contributed by atoms with van der Waals surface area (Å²) >= 11 is 0. The van der Waals surface area contributed by atoms with Crippen LogP contribution in [-0.4, -0.2) is 88.6 Å². The Hall–Kier alpha value is -0.660. The molecule has 2 unspecified atom stereocenters. The van der Waals surface area contributed by atoms with E-state index in [1.54, 1.807) is 0 Å². The molecule has 0 saturated heterocycles. The molecule has 0 saturated carbocycles. The third kappa shape index (κ3) is 16.0. The second-order valence-electron chi connectivity index (χ2n) is 6.38. The van der Waals surface area contributed by atoms with Gasteiger partial charge in [-0.2, -0.15) is 26.3 Å². The van der Waals surface area contributed by atoms with E-state index in [1.165, 1.54) is 6.92 Å². The summed E-state index contributed by atoms with van der Waals surface area (Å²) in [6.07, 6.45) is -8.91. The molecule has 0 aromatic rings. The third-order valence-electron chi connectivity index (χ3n) is 3.15. The average molecular weight is 416 g/mol. The Kier molecular flexibility index (Phi) is 12.4. The minimum absolute atomic E-state index is 0.0381. The van der Waals surface area contributed by atoms with Crippen molar-refractivity contribution >= 4 is 0 Å². The van der Waals surface area contributed by atoms with Gasteiger partial charge in [-0.3, -0.25) is 0 Å². The summed E-state index contributed by atoms with van der Waals surface area (Å²) in [5.74, 6) is -0.633. The van der Waals surface area contributed by atoms with Crippen molar-refractivity contribution in [3.63, 3.8) is 0 Å². The molecule has 0 radical (unpaired) electrons.